The van der Waals surface area contributed by atoms with Gasteiger partial charge in [-0.3, -0.25) is 9.69 Å². The highest BCUT2D eigenvalue weighted by Gasteiger charge is 2.22. The number of benzene rings is 2. The molecule has 1 fully saturated rings. The molecule has 1 heterocycles. The third-order valence-corrected chi connectivity index (χ3v) is 4.53. The van der Waals surface area contributed by atoms with Crippen molar-refractivity contribution in [2.45, 2.75) is 39.0 Å². The van der Waals surface area contributed by atoms with Crippen LogP contribution in [0, 0.1) is 0 Å². The standard InChI is InChI=1S/C21H27N3O2/c1-15-12-24(13-16(2)26-15)14-18-5-3-4-6-20(18)23-21(25)11-17-7-9-19(22)10-8-17/h3-10,15-16H,11-14,22H2,1-2H3,(H,23,25). The topological polar surface area (TPSA) is 67.6 Å². The van der Waals surface area contributed by atoms with Gasteiger partial charge in [-0.05, 0) is 43.2 Å². The van der Waals surface area contributed by atoms with E-state index >= 15 is 0 Å². The lowest BCUT2D eigenvalue weighted by Gasteiger charge is -2.35. The molecule has 5 nitrogen and oxygen atoms in total. The Bertz CT molecular complexity index is 735. The van der Waals surface area contributed by atoms with Crippen molar-refractivity contribution >= 4 is 17.3 Å². The van der Waals surface area contributed by atoms with Crippen LogP contribution in [0.25, 0.3) is 0 Å². The van der Waals surface area contributed by atoms with Crippen LogP contribution in [0.1, 0.15) is 25.0 Å². The second kappa shape index (κ2) is 8.34. The average Bonchev–Trinajstić information content (AvgIpc) is 2.58. The Labute approximate surface area is 155 Å². The van der Waals surface area contributed by atoms with Gasteiger partial charge in [-0.2, -0.15) is 0 Å². The molecule has 1 saturated heterocycles. The molecule has 0 radical (unpaired) electrons. The van der Waals surface area contributed by atoms with Gasteiger partial charge in [0, 0.05) is 31.0 Å². The Balaban J connectivity index is 1.64. The lowest BCUT2D eigenvalue weighted by Crippen LogP contribution is -2.44. The normalized spacial score (nSPS) is 20.7. The highest BCUT2D eigenvalue weighted by molar-refractivity contribution is 5.93. The first-order valence-electron chi connectivity index (χ1n) is 9.09. The van der Waals surface area contributed by atoms with Gasteiger partial charge in [0.2, 0.25) is 5.91 Å². The Morgan fingerprint density at radius 3 is 2.46 bits per heavy atom. The third kappa shape index (κ3) is 5.07. The van der Waals surface area contributed by atoms with Gasteiger partial charge < -0.3 is 15.8 Å². The van der Waals surface area contributed by atoms with Crippen LogP contribution in [-0.4, -0.2) is 36.1 Å². The van der Waals surface area contributed by atoms with Crippen LogP contribution in [0.5, 0.6) is 0 Å². The Morgan fingerprint density at radius 1 is 1.12 bits per heavy atom. The number of ether oxygens (including phenoxy) is 1. The van der Waals surface area contributed by atoms with Gasteiger partial charge in [0.25, 0.3) is 0 Å². The molecular weight excluding hydrogens is 326 g/mol. The molecule has 138 valence electrons. The summed E-state index contributed by atoms with van der Waals surface area (Å²) in [6.45, 7) is 6.80. The highest BCUT2D eigenvalue weighted by atomic mass is 16.5. The quantitative estimate of drug-likeness (QED) is 0.811. The summed E-state index contributed by atoms with van der Waals surface area (Å²) in [5.41, 5.74) is 9.35. The van der Waals surface area contributed by atoms with E-state index in [0.717, 1.165) is 36.4 Å². The second-order valence-electron chi connectivity index (χ2n) is 7.08. The number of anilines is 2. The first-order valence-corrected chi connectivity index (χ1v) is 9.09. The van der Waals surface area contributed by atoms with E-state index in [1.165, 1.54) is 0 Å². The van der Waals surface area contributed by atoms with Gasteiger partial charge >= 0.3 is 0 Å². The zero-order chi connectivity index (χ0) is 18.5. The summed E-state index contributed by atoms with van der Waals surface area (Å²) in [7, 11) is 0. The van der Waals surface area contributed by atoms with Crippen LogP contribution >= 0.6 is 0 Å². The number of rotatable bonds is 5. The van der Waals surface area contributed by atoms with E-state index in [-0.39, 0.29) is 18.1 Å². The lowest BCUT2D eigenvalue weighted by molar-refractivity contribution is -0.115. The monoisotopic (exact) mass is 353 g/mol. The molecule has 5 heteroatoms. The fraction of sp³-hybridized carbons (Fsp3) is 0.381. The molecular formula is C21H27N3O2. The van der Waals surface area contributed by atoms with Gasteiger partial charge in [-0.15, -0.1) is 0 Å². The van der Waals surface area contributed by atoms with Crippen molar-refractivity contribution in [2.24, 2.45) is 0 Å². The van der Waals surface area contributed by atoms with Crippen molar-refractivity contribution in [3.05, 3.63) is 59.7 Å². The lowest BCUT2D eigenvalue weighted by atomic mass is 10.1. The maximum absolute atomic E-state index is 12.4. The van der Waals surface area contributed by atoms with Crippen molar-refractivity contribution in [1.82, 2.24) is 4.90 Å². The molecule has 0 aromatic heterocycles. The summed E-state index contributed by atoms with van der Waals surface area (Å²) in [5, 5.41) is 3.06. The molecule has 1 amide bonds. The van der Waals surface area contributed by atoms with Gasteiger partial charge in [0.15, 0.2) is 0 Å². The zero-order valence-electron chi connectivity index (χ0n) is 15.4. The largest absolute Gasteiger partial charge is 0.399 e. The highest BCUT2D eigenvalue weighted by Crippen LogP contribution is 2.20. The van der Waals surface area contributed by atoms with E-state index in [1.54, 1.807) is 0 Å². The predicted octanol–water partition coefficient (Wildman–Crippen LogP) is 3.06. The number of carbonyl (C=O) groups excluding carboxylic acids is 1. The van der Waals surface area contributed by atoms with E-state index in [4.69, 9.17) is 10.5 Å². The fourth-order valence-electron chi connectivity index (χ4n) is 3.45. The molecule has 0 aliphatic carbocycles. The van der Waals surface area contributed by atoms with Crippen molar-refractivity contribution in [1.29, 1.82) is 0 Å². The first kappa shape index (κ1) is 18.4. The molecule has 0 saturated carbocycles. The van der Waals surface area contributed by atoms with E-state index in [9.17, 15) is 4.79 Å². The van der Waals surface area contributed by atoms with E-state index < -0.39 is 0 Å². The number of hydrogen-bond donors (Lipinski definition) is 2. The predicted molar refractivity (Wildman–Crippen MR) is 105 cm³/mol. The molecule has 26 heavy (non-hydrogen) atoms. The van der Waals surface area contributed by atoms with Crippen molar-refractivity contribution in [2.75, 3.05) is 24.1 Å². The molecule has 3 rings (SSSR count). The third-order valence-electron chi connectivity index (χ3n) is 4.53. The number of morpholine rings is 1. The smallest absolute Gasteiger partial charge is 0.228 e. The van der Waals surface area contributed by atoms with Crippen molar-refractivity contribution < 1.29 is 9.53 Å². The maximum atomic E-state index is 12.4. The minimum Gasteiger partial charge on any atom is -0.399 e. The summed E-state index contributed by atoms with van der Waals surface area (Å²) < 4.78 is 5.80. The van der Waals surface area contributed by atoms with E-state index in [2.05, 4.69) is 30.1 Å². The summed E-state index contributed by atoms with van der Waals surface area (Å²) in [5.74, 6) is -0.0223. The Hall–Kier alpha value is -2.37. The SMILES string of the molecule is CC1CN(Cc2ccccc2NC(=O)Cc2ccc(N)cc2)CC(C)O1. The van der Waals surface area contributed by atoms with Gasteiger partial charge in [0.05, 0.1) is 18.6 Å². The van der Waals surface area contributed by atoms with Crippen molar-refractivity contribution in [3.63, 3.8) is 0 Å². The molecule has 2 unspecified atom stereocenters. The minimum atomic E-state index is -0.0223. The average molecular weight is 353 g/mol. The number of amides is 1. The molecule has 0 spiro atoms. The number of carbonyl (C=O) groups is 1. The second-order valence-corrected chi connectivity index (χ2v) is 7.08. The summed E-state index contributed by atoms with van der Waals surface area (Å²) in [4.78, 5) is 14.8. The number of nitrogens with one attached hydrogen (secondary N) is 1. The summed E-state index contributed by atoms with van der Waals surface area (Å²) in [6.07, 6.45) is 0.789. The molecule has 3 N–H and O–H groups in total. The number of nitrogens with two attached hydrogens (primary N) is 1. The maximum Gasteiger partial charge on any atom is 0.228 e. The molecule has 1 aliphatic rings. The number of para-hydroxylation sites is 1. The zero-order valence-corrected chi connectivity index (χ0v) is 15.4. The molecule has 2 atom stereocenters. The Morgan fingerprint density at radius 2 is 1.77 bits per heavy atom. The number of nitrogen functional groups attached to an aromatic ring is 1. The minimum absolute atomic E-state index is 0.0223. The van der Waals surface area contributed by atoms with E-state index in [0.29, 0.717) is 12.1 Å². The fourth-order valence-corrected chi connectivity index (χ4v) is 3.45. The number of hydrogen-bond acceptors (Lipinski definition) is 4. The molecule has 1 aliphatic heterocycles. The van der Waals surface area contributed by atoms with Crippen LogP contribution in [0.15, 0.2) is 48.5 Å². The number of nitrogens with zero attached hydrogens (tertiary/aromatic N) is 1. The first-order chi connectivity index (χ1) is 12.5. The van der Waals surface area contributed by atoms with Crippen LogP contribution in [0.3, 0.4) is 0 Å². The van der Waals surface area contributed by atoms with E-state index in [1.807, 2.05) is 42.5 Å². The molecule has 2 aromatic rings. The molecule has 2 aromatic carbocycles. The van der Waals surface area contributed by atoms with Gasteiger partial charge in [-0.1, -0.05) is 30.3 Å². The van der Waals surface area contributed by atoms with Crippen LogP contribution in [0.4, 0.5) is 11.4 Å². The van der Waals surface area contributed by atoms with Gasteiger partial charge in [0.1, 0.15) is 0 Å². The molecule has 0 bridgehead atoms. The van der Waals surface area contributed by atoms with Crippen LogP contribution < -0.4 is 11.1 Å². The van der Waals surface area contributed by atoms with Crippen LogP contribution in [-0.2, 0) is 22.5 Å². The van der Waals surface area contributed by atoms with Crippen LogP contribution in [0.2, 0.25) is 0 Å². The van der Waals surface area contributed by atoms with Crippen molar-refractivity contribution in [3.8, 4) is 0 Å². The Kier molecular flexibility index (Phi) is 5.91. The summed E-state index contributed by atoms with van der Waals surface area (Å²) >= 11 is 0. The summed E-state index contributed by atoms with van der Waals surface area (Å²) in [6, 6.07) is 15.4. The van der Waals surface area contributed by atoms with Gasteiger partial charge in [-0.25, -0.2) is 0 Å².